The number of benzene rings is 1. The van der Waals surface area contributed by atoms with Crippen molar-refractivity contribution in [2.75, 3.05) is 27.9 Å². The summed E-state index contributed by atoms with van der Waals surface area (Å²) in [6.45, 7) is 0.654. The summed E-state index contributed by atoms with van der Waals surface area (Å²) >= 11 is 0. The van der Waals surface area contributed by atoms with Crippen LogP contribution in [0.1, 0.15) is 5.56 Å². The minimum absolute atomic E-state index is 0.654. The van der Waals surface area contributed by atoms with E-state index in [1.165, 1.54) is 5.56 Å². The Balaban J connectivity index is 2.94. The van der Waals surface area contributed by atoms with E-state index in [-0.39, 0.29) is 0 Å². The lowest BCUT2D eigenvalue weighted by Crippen LogP contribution is -2.54. The van der Waals surface area contributed by atoms with Gasteiger partial charge in [0.05, 0.1) is 0 Å². The lowest BCUT2D eigenvalue weighted by atomic mass is 10.2. The van der Waals surface area contributed by atoms with Gasteiger partial charge >= 0.3 is 8.80 Å². The summed E-state index contributed by atoms with van der Waals surface area (Å²) in [6.07, 6.45) is 0.877. The Morgan fingerprint density at radius 3 is 1.88 bits per heavy atom. The highest BCUT2D eigenvalue weighted by molar-refractivity contribution is 6.75. The summed E-state index contributed by atoms with van der Waals surface area (Å²) in [5, 5.41) is 0.959. The molecule has 0 radical (unpaired) electrons. The van der Waals surface area contributed by atoms with Crippen molar-refractivity contribution < 1.29 is 13.3 Å². The molecule has 0 atom stereocenters. The number of rotatable bonds is 6. The first kappa shape index (κ1) is 13.3. The van der Waals surface area contributed by atoms with Gasteiger partial charge in [-0.25, -0.2) is 0 Å². The van der Waals surface area contributed by atoms with Gasteiger partial charge in [0.2, 0.25) is 0 Å². The lowest BCUT2D eigenvalue weighted by molar-refractivity contribution is 0.140. The Hall–Kier alpha value is -0.723. The second-order valence-electron chi connectivity index (χ2n) is 3.40. The zero-order valence-electron chi connectivity index (χ0n) is 10.0. The van der Waals surface area contributed by atoms with Crippen LogP contribution in [0.2, 0.25) is 0 Å². The van der Waals surface area contributed by atoms with E-state index < -0.39 is 8.80 Å². The first-order valence-corrected chi connectivity index (χ1v) is 6.90. The summed E-state index contributed by atoms with van der Waals surface area (Å²) in [7, 11) is 2.14. The van der Waals surface area contributed by atoms with Crippen LogP contribution in [0.15, 0.2) is 24.3 Å². The van der Waals surface area contributed by atoms with Crippen molar-refractivity contribution in [2.45, 2.75) is 6.42 Å². The van der Waals surface area contributed by atoms with Crippen LogP contribution in [0.5, 0.6) is 0 Å². The van der Waals surface area contributed by atoms with Crippen molar-refractivity contribution in [1.82, 2.24) is 0 Å². The third kappa shape index (κ3) is 2.69. The fourth-order valence-electron chi connectivity index (χ4n) is 1.65. The Bertz CT molecular complexity index is 303. The van der Waals surface area contributed by atoms with Gasteiger partial charge in [0.15, 0.2) is 0 Å². The predicted octanol–water partition coefficient (Wildman–Crippen LogP) is 0.273. The van der Waals surface area contributed by atoms with E-state index in [2.05, 4.69) is 0 Å². The molecule has 0 aromatic heterocycles. The van der Waals surface area contributed by atoms with Crippen LogP contribution >= 0.6 is 0 Å². The molecule has 0 saturated carbocycles. The van der Waals surface area contributed by atoms with E-state index in [1.54, 1.807) is 21.3 Å². The van der Waals surface area contributed by atoms with Crippen molar-refractivity contribution in [3.05, 3.63) is 29.8 Å². The van der Waals surface area contributed by atoms with Gasteiger partial charge in [-0.15, -0.1) is 0 Å². The normalized spacial score (nSPS) is 11.8. The molecule has 5 heteroatoms. The van der Waals surface area contributed by atoms with Gasteiger partial charge in [-0.1, -0.05) is 24.3 Å². The molecule has 0 heterocycles. The predicted molar refractivity (Wildman–Crippen MR) is 65.6 cm³/mol. The highest BCUT2D eigenvalue weighted by Gasteiger charge is 2.40. The van der Waals surface area contributed by atoms with Crippen LogP contribution in [-0.4, -0.2) is 36.7 Å². The van der Waals surface area contributed by atoms with Crippen molar-refractivity contribution >= 4 is 14.0 Å². The maximum Gasteiger partial charge on any atom is 0.536 e. The number of hydrogen-bond acceptors (Lipinski definition) is 4. The molecule has 0 saturated heterocycles. The Labute approximate surface area is 97.7 Å². The van der Waals surface area contributed by atoms with Crippen molar-refractivity contribution in [2.24, 2.45) is 5.73 Å². The van der Waals surface area contributed by atoms with Crippen LogP contribution in [0.4, 0.5) is 0 Å². The number of nitrogens with two attached hydrogens (primary N) is 1. The Morgan fingerprint density at radius 1 is 1.00 bits per heavy atom. The minimum atomic E-state index is -2.67. The second-order valence-corrected chi connectivity index (χ2v) is 6.32. The highest BCUT2D eigenvalue weighted by Crippen LogP contribution is 2.08. The van der Waals surface area contributed by atoms with E-state index in [4.69, 9.17) is 19.0 Å². The topological polar surface area (TPSA) is 53.7 Å². The van der Waals surface area contributed by atoms with E-state index >= 15 is 0 Å². The highest BCUT2D eigenvalue weighted by atomic mass is 28.4. The molecule has 1 rings (SSSR count). The van der Waals surface area contributed by atoms with E-state index in [0.29, 0.717) is 6.54 Å². The summed E-state index contributed by atoms with van der Waals surface area (Å²) in [6, 6.07) is 8.02. The molecule has 2 N–H and O–H groups in total. The van der Waals surface area contributed by atoms with Gasteiger partial charge in [-0.2, -0.15) is 0 Å². The summed E-state index contributed by atoms with van der Waals surface area (Å²) in [5.74, 6) is 0. The van der Waals surface area contributed by atoms with E-state index in [1.807, 2.05) is 24.3 Å². The molecular weight excluding hydrogens is 222 g/mol. The molecule has 16 heavy (non-hydrogen) atoms. The van der Waals surface area contributed by atoms with Crippen molar-refractivity contribution in [3.63, 3.8) is 0 Å². The smallest absolute Gasteiger partial charge is 0.373 e. The fourth-order valence-corrected chi connectivity index (χ4v) is 3.43. The van der Waals surface area contributed by atoms with Gasteiger partial charge in [0.1, 0.15) is 0 Å². The minimum Gasteiger partial charge on any atom is -0.373 e. The fraction of sp³-hybridized carbons (Fsp3) is 0.455. The molecule has 0 spiro atoms. The van der Waals surface area contributed by atoms with Crippen LogP contribution in [0.25, 0.3) is 0 Å². The van der Waals surface area contributed by atoms with Crippen LogP contribution in [0, 0.1) is 0 Å². The van der Waals surface area contributed by atoms with Crippen LogP contribution in [-0.2, 0) is 19.7 Å². The zero-order chi connectivity index (χ0) is 12.0. The molecule has 0 fully saturated rings. The van der Waals surface area contributed by atoms with E-state index in [9.17, 15) is 0 Å². The average Bonchev–Trinajstić information content (AvgIpc) is 2.34. The molecule has 1 aromatic carbocycles. The monoisotopic (exact) mass is 241 g/mol. The molecule has 0 unspecified atom stereocenters. The second kappa shape index (κ2) is 6.12. The molecule has 90 valence electrons. The number of hydrogen-bond donors (Lipinski definition) is 1. The standard InChI is InChI=1S/C11H19NO3Si/c1-13-16(14-2,15-3)11-6-4-10(5-7-11)8-9-12/h4-7H,8-9,12H2,1-3H3. The molecular formula is C11H19NO3Si. The van der Waals surface area contributed by atoms with Gasteiger partial charge in [-0.3, -0.25) is 0 Å². The maximum absolute atomic E-state index is 5.50. The molecule has 1 aromatic rings. The molecule has 4 nitrogen and oxygen atoms in total. The lowest BCUT2D eigenvalue weighted by Gasteiger charge is -2.24. The van der Waals surface area contributed by atoms with Crippen molar-refractivity contribution in [3.8, 4) is 0 Å². The van der Waals surface area contributed by atoms with Gasteiger partial charge < -0.3 is 19.0 Å². The molecule has 0 aliphatic rings. The third-order valence-corrected chi connectivity index (χ3v) is 5.20. The zero-order valence-corrected chi connectivity index (χ0v) is 11.0. The third-order valence-electron chi connectivity index (χ3n) is 2.55. The first-order valence-electron chi connectivity index (χ1n) is 5.17. The largest absolute Gasteiger partial charge is 0.536 e. The van der Waals surface area contributed by atoms with Gasteiger partial charge in [0.25, 0.3) is 0 Å². The SMILES string of the molecule is CO[Si](OC)(OC)c1ccc(CCN)cc1. The summed E-state index contributed by atoms with van der Waals surface area (Å²) < 4.78 is 16.2. The molecule has 0 aliphatic carbocycles. The summed E-state index contributed by atoms with van der Waals surface area (Å²) in [4.78, 5) is 0. The summed E-state index contributed by atoms with van der Waals surface area (Å²) in [5.41, 5.74) is 6.70. The quantitative estimate of drug-likeness (QED) is 0.727. The molecule has 0 amide bonds. The van der Waals surface area contributed by atoms with Crippen LogP contribution < -0.4 is 10.9 Å². The van der Waals surface area contributed by atoms with Gasteiger partial charge in [0, 0.05) is 26.5 Å². The maximum atomic E-state index is 5.50. The first-order chi connectivity index (χ1) is 7.72. The Kier molecular flexibility index (Phi) is 5.10. The molecule has 0 aliphatic heterocycles. The average molecular weight is 241 g/mol. The molecule has 0 bridgehead atoms. The van der Waals surface area contributed by atoms with E-state index in [0.717, 1.165) is 11.6 Å². The van der Waals surface area contributed by atoms with Gasteiger partial charge in [-0.05, 0) is 18.5 Å². The van der Waals surface area contributed by atoms with Crippen molar-refractivity contribution in [1.29, 1.82) is 0 Å². The Morgan fingerprint density at radius 2 is 1.50 bits per heavy atom. The van der Waals surface area contributed by atoms with Crippen LogP contribution in [0.3, 0.4) is 0 Å².